The van der Waals surface area contributed by atoms with Gasteiger partial charge in [0, 0.05) is 56.8 Å². The number of hydrogen-bond donors (Lipinski definition) is 0. The van der Waals surface area contributed by atoms with Gasteiger partial charge in [-0.2, -0.15) is 0 Å². The summed E-state index contributed by atoms with van der Waals surface area (Å²) < 4.78 is 4.88. The first-order valence-corrected chi connectivity index (χ1v) is 9.94. The van der Waals surface area contributed by atoms with Crippen molar-refractivity contribution in [2.24, 2.45) is 0 Å². The van der Waals surface area contributed by atoms with Crippen molar-refractivity contribution in [1.29, 1.82) is 0 Å². The van der Waals surface area contributed by atoms with E-state index in [-0.39, 0.29) is 18.4 Å². The maximum atomic E-state index is 12.4. The zero-order valence-electron chi connectivity index (χ0n) is 16.9. The second-order valence-electron chi connectivity index (χ2n) is 7.33. The number of nitrogens with zero attached hydrogens (tertiary/aromatic N) is 4. The van der Waals surface area contributed by atoms with Crippen molar-refractivity contribution in [3.63, 3.8) is 0 Å². The molecule has 1 aromatic carbocycles. The predicted molar refractivity (Wildman–Crippen MR) is 112 cm³/mol. The third-order valence-corrected chi connectivity index (χ3v) is 5.17. The van der Waals surface area contributed by atoms with E-state index in [9.17, 15) is 9.59 Å². The minimum absolute atomic E-state index is 0.0670. The van der Waals surface area contributed by atoms with Gasteiger partial charge in [-0.3, -0.25) is 9.59 Å². The number of aromatic nitrogens is 2. The van der Waals surface area contributed by atoms with E-state index in [1.807, 2.05) is 49.5 Å². The number of carbonyl (C=O) groups is 2. The molecule has 1 aliphatic rings. The zero-order valence-corrected chi connectivity index (χ0v) is 17.6. The molecule has 0 unspecified atom stereocenters. The normalized spacial score (nSPS) is 16.4. The van der Waals surface area contributed by atoms with Gasteiger partial charge in [0.2, 0.25) is 5.95 Å². The first-order valence-electron chi connectivity index (χ1n) is 9.56. The number of rotatable bonds is 5. The number of amides is 1. The molecule has 1 saturated heterocycles. The maximum Gasteiger partial charge on any atom is 0.303 e. The summed E-state index contributed by atoms with van der Waals surface area (Å²) in [6.07, 6.45) is 3.61. The van der Waals surface area contributed by atoms with E-state index in [4.69, 9.17) is 21.3 Å². The van der Waals surface area contributed by atoms with E-state index in [0.717, 1.165) is 29.7 Å². The molecule has 0 N–H and O–H groups in total. The largest absolute Gasteiger partial charge is 0.456 e. The quantitative estimate of drug-likeness (QED) is 0.697. The summed E-state index contributed by atoms with van der Waals surface area (Å²) in [5.74, 6) is 0.0571. The average molecular weight is 417 g/mol. The van der Waals surface area contributed by atoms with Crippen molar-refractivity contribution < 1.29 is 14.3 Å². The predicted octanol–water partition coefficient (Wildman–Crippen LogP) is 3.13. The molecule has 1 atom stereocenters. The number of hydrogen-bond acceptors (Lipinski definition) is 6. The number of ether oxygens (including phenoxy) is 1. The summed E-state index contributed by atoms with van der Waals surface area (Å²) >= 11 is 6.04. The van der Waals surface area contributed by atoms with Gasteiger partial charge in [-0.1, -0.05) is 23.7 Å². The van der Waals surface area contributed by atoms with Crippen LogP contribution in [0.5, 0.6) is 0 Å². The number of anilines is 1. The Morgan fingerprint density at radius 2 is 2.00 bits per heavy atom. The van der Waals surface area contributed by atoms with Gasteiger partial charge in [-0.15, -0.1) is 0 Å². The molecule has 1 aliphatic heterocycles. The molecule has 0 saturated carbocycles. The molecule has 154 valence electrons. The van der Waals surface area contributed by atoms with Gasteiger partial charge in [0.25, 0.3) is 5.91 Å². The summed E-state index contributed by atoms with van der Waals surface area (Å²) in [7, 11) is 3.80. The Labute approximate surface area is 175 Å². The van der Waals surface area contributed by atoms with E-state index in [0.29, 0.717) is 24.1 Å². The topological polar surface area (TPSA) is 75.6 Å². The Balaban J connectivity index is 1.90. The Morgan fingerprint density at radius 1 is 1.28 bits per heavy atom. The van der Waals surface area contributed by atoms with E-state index < -0.39 is 5.97 Å². The lowest BCUT2D eigenvalue weighted by atomic mass is 9.90. The van der Waals surface area contributed by atoms with E-state index >= 15 is 0 Å². The molecule has 0 radical (unpaired) electrons. The molecule has 1 fully saturated rings. The summed E-state index contributed by atoms with van der Waals surface area (Å²) in [6, 6.07) is 7.59. The highest BCUT2D eigenvalue weighted by Crippen LogP contribution is 2.34. The molecule has 7 nitrogen and oxygen atoms in total. The van der Waals surface area contributed by atoms with Crippen LogP contribution in [0.25, 0.3) is 11.1 Å². The number of benzene rings is 1. The van der Waals surface area contributed by atoms with Crippen LogP contribution in [0.4, 0.5) is 5.95 Å². The van der Waals surface area contributed by atoms with Gasteiger partial charge in [0.15, 0.2) is 6.61 Å². The van der Waals surface area contributed by atoms with Crippen LogP contribution in [0, 0.1) is 0 Å². The van der Waals surface area contributed by atoms with Crippen LogP contribution in [0.1, 0.15) is 31.4 Å². The summed E-state index contributed by atoms with van der Waals surface area (Å²) in [4.78, 5) is 36.4. The van der Waals surface area contributed by atoms with E-state index in [1.54, 1.807) is 4.90 Å². The highest BCUT2D eigenvalue weighted by Gasteiger charge is 2.28. The van der Waals surface area contributed by atoms with Gasteiger partial charge in [-0.25, -0.2) is 9.97 Å². The molecule has 3 rings (SSSR count). The molecule has 0 aliphatic carbocycles. The van der Waals surface area contributed by atoms with Crippen LogP contribution in [0.3, 0.4) is 0 Å². The van der Waals surface area contributed by atoms with Gasteiger partial charge in [-0.05, 0) is 30.5 Å². The van der Waals surface area contributed by atoms with E-state index in [1.165, 1.54) is 6.92 Å². The molecule has 1 aromatic heterocycles. The molecular weight excluding hydrogens is 392 g/mol. The third-order valence-electron chi connectivity index (χ3n) is 4.92. The van der Waals surface area contributed by atoms with Crippen molar-refractivity contribution in [1.82, 2.24) is 14.9 Å². The van der Waals surface area contributed by atoms with Crippen LogP contribution in [-0.2, 0) is 14.3 Å². The Morgan fingerprint density at radius 3 is 2.66 bits per heavy atom. The van der Waals surface area contributed by atoms with Crippen molar-refractivity contribution in [3.05, 3.63) is 41.2 Å². The third kappa shape index (κ3) is 5.23. The minimum atomic E-state index is -0.455. The molecule has 29 heavy (non-hydrogen) atoms. The van der Waals surface area contributed by atoms with Gasteiger partial charge in [0.05, 0.1) is 5.69 Å². The second-order valence-corrected chi connectivity index (χ2v) is 7.77. The summed E-state index contributed by atoms with van der Waals surface area (Å²) in [6.45, 7) is 2.26. The SMILES string of the molecule is CC(=O)OCC(=O)N1CCC[C@H](c2nc(N(C)C)ncc2-c2ccc(Cl)cc2)C1. The van der Waals surface area contributed by atoms with Gasteiger partial charge in [0.1, 0.15) is 0 Å². The van der Waals surface area contributed by atoms with Gasteiger partial charge >= 0.3 is 5.97 Å². The van der Waals surface area contributed by atoms with Crippen LogP contribution < -0.4 is 4.90 Å². The molecule has 0 bridgehead atoms. The second kappa shape index (κ2) is 9.22. The Kier molecular flexibility index (Phi) is 6.69. The molecule has 2 heterocycles. The first-order chi connectivity index (χ1) is 13.8. The fraction of sp³-hybridized carbons (Fsp3) is 0.429. The zero-order chi connectivity index (χ0) is 21.0. The fourth-order valence-electron chi connectivity index (χ4n) is 3.45. The highest BCUT2D eigenvalue weighted by atomic mass is 35.5. The molecular formula is C21H25ClN4O3. The summed E-state index contributed by atoms with van der Waals surface area (Å²) in [5, 5.41) is 0.668. The lowest BCUT2D eigenvalue weighted by Crippen LogP contribution is -2.41. The fourth-order valence-corrected chi connectivity index (χ4v) is 3.57. The standard InChI is InChI=1S/C21H25ClN4O3/c1-14(27)29-13-19(28)26-10-4-5-16(12-26)20-18(11-23-21(24-20)25(2)3)15-6-8-17(22)9-7-15/h6-9,11,16H,4-5,10,12-13H2,1-3H3/t16-/m0/s1. The van der Waals surface area contributed by atoms with Crippen LogP contribution >= 0.6 is 11.6 Å². The summed E-state index contributed by atoms with van der Waals surface area (Å²) in [5.41, 5.74) is 2.83. The smallest absolute Gasteiger partial charge is 0.303 e. The Hall–Kier alpha value is -2.67. The molecule has 2 aromatic rings. The lowest BCUT2D eigenvalue weighted by Gasteiger charge is -2.33. The van der Waals surface area contributed by atoms with Crippen molar-refractivity contribution in [2.75, 3.05) is 38.7 Å². The van der Waals surface area contributed by atoms with Crippen molar-refractivity contribution in [3.8, 4) is 11.1 Å². The minimum Gasteiger partial charge on any atom is -0.456 e. The number of carbonyl (C=O) groups excluding carboxylic acids is 2. The highest BCUT2D eigenvalue weighted by molar-refractivity contribution is 6.30. The van der Waals surface area contributed by atoms with Crippen molar-refractivity contribution >= 4 is 29.4 Å². The molecule has 8 heteroatoms. The van der Waals surface area contributed by atoms with Crippen LogP contribution in [0.2, 0.25) is 5.02 Å². The maximum absolute atomic E-state index is 12.4. The van der Waals surface area contributed by atoms with Crippen LogP contribution in [-0.4, -0.2) is 60.5 Å². The Bertz CT molecular complexity index is 886. The van der Waals surface area contributed by atoms with Crippen LogP contribution in [0.15, 0.2) is 30.5 Å². The van der Waals surface area contributed by atoms with Crippen molar-refractivity contribution in [2.45, 2.75) is 25.7 Å². The number of piperidine rings is 1. The average Bonchev–Trinajstić information content (AvgIpc) is 2.72. The number of esters is 1. The van der Waals surface area contributed by atoms with Gasteiger partial charge < -0.3 is 14.5 Å². The number of halogens is 1. The molecule has 1 amide bonds. The van der Waals surface area contributed by atoms with E-state index in [2.05, 4.69) is 4.98 Å². The first kappa shape index (κ1) is 21.0. The molecule has 0 spiro atoms. The lowest BCUT2D eigenvalue weighted by molar-refractivity contribution is -0.150. The monoisotopic (exact) mass is 416 g/mol. The number of likely N-dealkylation sites (tertiary alicyclic amines) is 1.